The molecular formula is C11H18BN3. The Hall–Kier alpha value is -0.895. The maximum atomic E-state index is 5.91. The fraction of sp³-hybridized carbons (Fsp3) is 0.636. The quantitative estimate of drug-likeness (QED) is 0.687. The first kappa shape index (κ1) is 10.6. The Morgan fingerprint density at radius 3 is 2.87 bits per heavy atom. The molecule has 0 unspecified atom stereocenters. The van der Waals surface area contributed by atoms with Crippen molar-refractivity contribution in [1.82, 2.24) is 9.88 Å². The van der Waals surface area contributed by atoms with Crippen LogP contribution in [-0.2, 0) is 13.0 Å². The van der Waals surface area contributed by atoms with Crippen LogP contribution in [0, 0.1) is 0 Å². The third kappa shape index (κ3) is 2.05. The summed E-state index contributed by atoms with van der Waals surface area (Å²) < 4.78 is 0. The summed E-state index contributed by atoms with van der Waals surface area (Å²) in [6, 6.07) is 0. The molecule has 0 aromatic carbocycles. The summed E-state index contributed by atoms with van der Waals surface area (Å²) in [6.45, 7) is 10.9. The zero-order chi connectivity index (χ0) is 11.1. The molecule has 0 bridgehead atoms. The van der Waals surface area contributed by atoms with Crippen LogP contribution in [0.2, 0.25) is 0 Å². The Morgan fingerprint density at radius 1 is 1.47 bits per heavy atom. The van der Waals surface area contributed by atoms with E-state index in [2.05, 4.69) is 37.6 Å². The molecule has 0 saturated carbocycles. The summed E-state index contributed by atoms with van der Waals surface area (Å²) in [4.78, 5) is 6.61. The molecule has 15 heavy (non-hydrogen) atoms. The number of anilines is 1. The van der Waals surface area contributed by atoms with Crippen molar-refractivity contribution in [1.29, 1.82) is 0 Å². The van der Waals surface area contributed by atoms with Crippen LogP contribution in [0.15, 0.2) is 6.09 Å². The summed E-state index contributed by atoms with van der Waals surface area (Å²) >= 11 is 0. The van der Waals surface area contributed by atoms with Gasteiger partial charge in [0.2, 0.25) is 0 Å². The van der Waals surface area contributed by atoms with Gasteiger partial charge in [0.1, 0.15) is 0 Å². The summed E-state index contributed by atoms with van der Waals surface area (Å²) in [5.74, 6) is 0.696. The molecule has 0 aliphatic carbocycles. The van der Waals surface area contributed by atoms with Gasteiger partial charge in [-0.25, -0.2) is 0 Å². The van der Waals surface area contributed by atoms with E-state index in [0.29, 0.717) is 5.82 Å². The Balaban J connectivity index is 2.30. The number of hydrogen-bond acceptors (Lipinski definition) is 3. The number of rotatable bonds is 0. The third-order valence-corrected chi connectivity index (χ3v) is 3.13. The third-order valence-electron chi connectivity index (χ3n) is 3.13. The molecule has 80 valence electrons. The molecule has 0 radical (unpaired) electrons. The van der Waals surface area contributed by atoms with Crippen LogP contribution in [0.3, 0.4) is 0 Å². The molecule has 1 aromatic heterocycles. The van der Waals surface area contributed by atoms with Gasteiger partial charge in [-0.3, -0.25) is 0 Å². The molecule has 2 rings (SSSR count). The van der Waals surface area contributed by atoms with E-state index in [9.17, 15) is 0 Å². The van der Waals surface area contributed by atoms with Gasteiger partial charge < -0.3 is 0 Å². The minimum atomic E-state index is 0.208. The Morgan fingerprint density at radius 2 is 2.20 bits per heavy atom. The average Bonchev–Trinajstić information content (AvgIpc) is 2.16. The number of aromatic nitrogens is 1. The molecule has 0 saturated heterocycles. The molecule has 0 spiro atoms. The molecule has 0 atom stereocenters. The Bertz CT molecular complexity index is 371. The van der Waals surface area contributed by atoms with Gasteiger partial charge in [0, 0.05) is 0 Å². The van der Waals surface area contributed by atoms with Gasteiger partial charge >= 0.3 is 91.3 Å². The number of nitrogen functional groups attached to an aromatic ring is 1. The van der Waals surface area contributed by atoms with Crippen LogP contribution < -0.4 is 5.73 Å². The minimum absolute atomic E-state index is 0.208. The maximum absolute atomic E-state index is 5.91. The average molecular weight is 203 g/mol. The fourth-order valence-corrected chi connectivity index (χ4v) is 2.07. The molecule has 1 aliphatic heterocycles. The Labute approximate surface area is 91.9 Å². The standard InChI is InChI=1S/C11H18BN3/c1-11(2,3)15-5-4-9-8(6-15)10(13)14-7-12-9/h7H,4-6H2,1-3H3,(H2,13,14). The number of nitrogens with two attached hydrogens (primary N) is 1. The first-order chi connectivity index (χ1) is 6.98. The number of nitrogens with zero attached hydrogens (tertiary/aromatic N) is 2. The monoisotopic (exact) mass is 203 g/mol. The molecule has 2 N–H and O–H groups in total. The number of fused-ring (bicyclic) bond motifs is 1. The summed E-state index contributed by atoms with van der Waals surface area (Å²) in [5, 5.41) is 0. The van der Waals surface area contributed by atoms with E-state index in [-0.39, 0.29) is 5.54 Å². The van der Waals surface area contributed by atoms with E-state index in [1.807, 2.05) is 0 Å². The van der Waals surface area contributed by atoms with E-state index in [4.69, 9.17) is 5.73 Å². The molecule has 3 nitrogen and oxygen atoms in total. The molecule has 0 fully saturated rings. The summed E-state index contributed by atoms with van der Waals surface area (Å²) in [7, 11) is 0. The number of hydrogen-bond donors (Lipinski definition) is 1. The predicted octanol–water partition coefficient (Wildman–Crippen LogP) is 1.16. The predicted molar refractivity (Wildman–Crippen MR) is 63.9 cm³/mol. The van der Waals surface area contributed by atoms with Crippen molar-refractivity contribution in [3.8, 4) is 0 Å². The van der Waals surface area contributed by atoms with Crippen molar-refractivity contribution in [2.75, 3.05) is 12.3 Å². The summed E-state index contributed by atoms with van der Waals surface area (Å²) in [5.41, 5.74) is 8.70. The van der Waals surface area contributed by atoms with Crippen LogP contribution in [0.25, 0.3) is 0 Å². The van der Waals surface area contributed by atoms with Crippen molar-refractivity contribution in [2.45, 2.75) is 39.3 Å². The van der Waals surface area contributed by atoms with Gasteiger partial charge in [0.25, 0.3) is 0 Å². The topological polar surface area (TPSA) is 42.2 Å². The molecule has 2 heterocycles. The van der Waals surface area contributed by atoms with Crippen molar-refractivity contribution in [3.05, 3.63) is 17.1 Å². The van der Waals surface area contributed by atoms with Crippen LogP contribution in [0.4, 0.5) is 5.82 Å². The van der Waals surface area contributed by atoms with E-state index < -0.39 is 0 Å². The van der Waals surface area contributed by atoms with Crippen LogP contribution in [0.1, 0.15) is 31.8 Å². The first-order valence-corrected chi connectivity index (χ1v) is 5.46. The molecular weight excluding hydrogens is 185 g/mol. The van der Waals surface area contributed by atoms with E-state index in [1.54, 1.807) is 6.09 Å². The van der Waals surface area contributed by atoms with Crippen LogP contribution in [0.5, 0.6) is 0 Å². The summed E-state index contributed by atoms with van der Waals surface area (Å²) in [6.07, 6.45) is 2.89. The van der Waals surface area contributed by atoms with Gasteiger partial charge in [-0.15, -0.1) is 0 Å². The zero-order valence-electron chi connectivity index (χ0n) is 9.75. The van der Waals surface area contributed by atoms with Crippen LogP contribution in [-0.4, -0.2) is 28.9 Å². The van der Waals surface area contributed by atoms with Gasteiger partial charge in [-0.05, 0) is 0 Å². The Kier molecular flexibility index (Phi) is 2.55. The first-order valence-electron chi connectivity index (χ1n) is 5.46. The normalized spacial score (nSPS) is 17.3. The van der Waals surface area contributed by atoms with Crippen molar-refractivity contribution in [3.63, 3.8) is 0 Å². The molecule has 1 aliphatic rings. The fourth-order valence-electron chi connectivity index (χ4n) is 2.07. The van der Waals surface area contributed by atoms with Gasteiger partial charge in [-0.2, -0.15) is 0 Å². The van der Waals surface area contributed by atoms with E-state index in [1.165, 1.54) is 11.0 Å². The SMILES string of the molecule is CC(C)(C)N1CCc2bcnc(N)c2C1. The zero-order valence-corrected chi connectivity index (χ0v) is 9.75. The molecule has 4 heteroatoms. The van der Waals surface area contributed by atoms with Crippen molar-refractivity contribution < 1.29 is 0 Å². The molecule has 0 amide bonds. The van der Waals surface area contributed by atoms with Gasteiger partial charge in [-0.1, -0.05) is 0 Å². The van der Waals surface area contributed by atoms with Gasteiger partial charge in [0.15, 0.2) is 0 Å². The molecule has 1 aromatic rings. The van der Waals surface area contributed by atoms with Crippen molar-refractivity contribution >= 4 is 12.7 Å². The van der Waals surface area contributed by atoms with Crippen LogP contribution >= 0.6 is 0 Å². The van der Waals surface area contributed by atoms with Crippen molar-refractivity contribution in [2.24, 2.45) is 0 Å². The second kappa shape index (κ2) is 3.60. The van der Waals surface area contributed by atoms with Gasteiger partial charge in [0.05, 0.1) is 0 Å². The second-order valence-electron chi connectivity index (χ2n) is 5.18. The van der Waals surface area contributed by atoms with E-state index in [0.717, 1.165) is 19.5 Å². The second-order valence-corrected chi connectivity index (χ2v) is 5.18. The van der Waals surface area contributed by atoms with E-state index >= 15 is 0 Å².